The van der Waals surface area contributed by atoms with E-state index in [4.69, 9.17) is 0 Å². The van der Waals surface area contributed by atoms with Crippen LogP contribution in [-0.4, -0.2) is 40.2 Å². The maximum Gasteiger partial charge on any atom is 0.471 e. The zero-order chi connectivity index (χ0) is 12.7. The van der Waals surface area contributed by atoms with E-state index in [1.54, 1.807) is 12.1 Å². The second kappa shape index (κ2) is 3.69. The summed E-state index contributed by atoms with van der Waals surface area (Å²) < 4.78 is 36.3. The first-order chi connectivity index (χ1) is 7.83. The average molecular weight is 246 g/mol. The fourth-order valence-corrected chi connectivity index (χ4v) is 1.71. The quantitative estimate of drug-likeness (QED) is 0.792. The first kappa shape index (κ1) is 11.8. The molecule has 17 heavy (non-hydrogen) atoms. The van der Waals surface area contributed by atoms with E-state index in [1.807, 2.05) is 0 Å². The first-order valence-electron chi connectivity index (χ1n) is 4.83. The Morgan fingerprint density at radius 2 is 2.06 bits per heavy atom. The Bertz CT molecular complexity index is 427. The van der Waals surface area contributed by atoms with Crippen LogP contribution in [0.3, 0.4) is 0 Å². The number of rotatable bonds is 1. The lowest BCUT2D eigenvalue weighted by molar-refractivity contribution is -0.204. The van der Waals surface area contributed by atoms with Crippen LogP contribution in [-0.2, 0) is 10.4 Å². The molecule has 0 spiro atoms. The van der Waals surface area contributed by atoms with Crippen molar-refractivity contribution in [3.05, 3.63) is 30.1 Å². The van der Waals surface area contributed by atoms with E-state index in [9.17, 15) is 23.1 Å². The number of alkyl halides is 3. The van der Waals surface area contributed by atoms with Gasteiger partial charge in [0.05, 0.1) is 18.8 Å². The van der Waals surface area contributed by atoms with Crippen molar-refractivity contribution >= 4 is 5.91 Å². The molecule has 92 valence electrons. The second-order valence-electron chi connectivity index (χ2n) is 3.91. The van der Waals surface area contributed by atoms with Crippen LogP contribution in [0.4, 0.5) is 13.2 Å². The number of β-amino-alcohol motifs (C(OH)–C–C–N with tert-alkyl or cyclic N) is 1. The van der Waals surface area contributed by atoms with Gasteiger partial charge < -0.3 is 10.0 Å². The van der Waals surface area contributed by atoms with Crippen LogP contribution in [0.25, 0.3) is 0 Å². The highest BCUT2D eigenvalue weighted by Crippen LogP contribution is 2.33. The maximum atomic E-state index is 12.1. The van der Waals surface area contributed by atoms with E-state index in [2.05, 4.69) is 4.98 Å². The summed E-state index contributed by atoms with van der Waals surface area (Å²) in [6, 6.07) is 4.76. The van der Waals surface area contributed by atoms with Gasteiger partial charge in [-0.1, -0.05) is 6.07 Å². The number of carbonyl (C=O) groups is 1. The second-order valence-corrected chi connectivity index (χ2v) is 3.91. The van der Waals surface area contributed by atoms with Gasteiger partial charge in [0, 0.05) is 6.20 Å². The van der Waals surface area contributed by atoms with E-state index < -0.39 is 17.7 Å². The monoisotopic (exact) mass is 246 g/mol. The van der Waals surface area contributed by atoms with Crippen molar-refractivity contribution in [1.29, 1.82) is 0 Å². The third-order valence-electron chi connectivity index (χ3n) is 2.58. The predicted octanol–water partition coefficient (Wildman–Crippen LogP) is 0.674. The van der Waals surface area contributed by atoms with Crippen molar-refractivity contribution < 1.29 is 23.1 Å². The minimum Gasteiger partial charge on any atom is -0.380 e. The molecule has 2 heterocycles. The zero-order valence-electron chi connectivity index (χ0n) is 8.61. The summed E-state index contributed by atoms with van der Waals surface area (Å²) in [7, 11) is 0. The van der Waals surface area contributed by atoms with Gasteiger partial charge in [0.1, 0.15) is 5.60 Å². The average Bonchev–Trinajstić information content (AvgIpc) is 2.24. The Morgan fingerprint density at radius 3 is 2.53 bits per heavy atom. The molecular formula is C10H9F3N2O2. The summed E-state index contributed by atoms with van der Waals surface area (Å²) in [4.78, 5) is 15.2. The SMILES string of the molecule is O=C(N1CC(O)(c2ccccn2)C1)C(F)(F)F. The number of aliphatic hydroxyl groups is 1. The number of aromatic nitrogens is 1. The van der Waals surface area contributed by atoms with Crippen molar-refractivity contribution in [2.24, 2.45) is 0 Å². The minimum atomic E-state index is -4.90. The summed E-state index contributed by atoms with van der Waals surface area (Å²) in [6.07, 6.45) is -3.47. The van der Waals surface area contributed by atoms with Crippen molar-refractivity contribution in [3.63, 3.8) is 0 Å². The Kier molecular flexibility index (Phi) is 2.57. The van der Waals surface area contributed by atoms with Crippen molar-refractivity contribution in [3.8, 4) is 0 Å². The van der Waals surface area contributed by atoms with Gasteiger partial charge in [-0.3, -0.25) is 9.78 Å². The molecule has 0 radical (unpaired) electrons. The van der Waals surface area contributed by atoms with Crippen LogP contribution in [0.15, 0.2) is 24.4 Å². The van der Waals surface area contributed by atoms with Crippen molar-refractivity contribution in [2.45, 2.75) is 11.8 Å². The molecule has 1 fully saturated rings. The van der Waals surface area contributed by atoms with Gasteiger partial charge in [-0.25, -0.2) is 0 Å². The lowest BCUT2D eigenvalue weighted by Crippen LogP contribution is -2.63. The van der Waals surface area contributed by atoms with Crippen molar-refractivity contribution in [1.82, 2.24) is 9.88 Å². The fraction of sp³-hybridized carbons (Fsp3) is 0.400. The van der Waals surface area contributed by atoms with Gasteiger partial charge in [-0.05, 0) is 12.1 Å². The molecular weight excluding hydrogens is 237 g/mol. The van der Waals surface area contributed by atoms with E-state index in [0.29, 0.717) is 4.90 Å². The molecule has 0 atom stereocenters. The number of hydrogen-bond donors (Lipinski definition) is 1. The summed E-state index contributed by atoms with van der Waals surface area (Å²) in [6.45, 7) is -0.773. The van der Waals surface area contributed by atoms with E-state index >= 15 is 0 Å². The Labute approximate surface area is 94.7 Å². The Balaban J connectivity index is 2.06. The molecule has 0 aliphatic carbocycles. The van der Waals surface area contributed by atoms with E-state index in [1.165, 1.54) is 12.3 Å². The first-order valence-corrected chi connectivity index (χ1v) is 4.83. The molecule has 1 amide bonds. The Morgan fingerprint density at radius 1 is 1.41 bits per heavy atom. The summed E-state index contributed by atoms with van der Waals surface area (Å²) in [5.74, 6) is -1.93. The molecule has 1 aliphatic heterocycles. The number of likely N-dealkylation sites (tertiary alicyclic amines) is 1. The van der Waals surface area contributed by atoms with Gasteiger partial charge >= 0.3 is 12.1 Å². The molecule has 1 N–H and O–H groups in total. The van der Waals surface area contributed by atoms with Gasteiger partial charge in [0.2, 0.25) is 0 Å². The fourth-order valence-electron chi connectivity index (χ4n) is 1.71. The largest absolute Gasteiger partial charge is 0.471 e. The Hall–Kier alpha value is -1.63. The molecule has 0 saturated carbocycles. The highest BCUT2D eigenvalue weighted by molar-refractivity contribution is 5.83. The predicted molar refractivity (Wildman–Crippen MR) is 50.8 cm³/mol. The standard InChI is InChI=1S/C10H9F3N2O2/c11-10(12,13)8(16)15-5-9(17,6-15)7-3-1-2-4-14-7/h1-4,17H,5-6H2. The molecule has 0 bridgehead atoms. The molecule has 2 rings (SSSR count). The van der Waals surface area contributed by atoms with Gasteiger partial charge in [0.15, 0.2) is 0 Å². The molecule has 1 aromatic heterocycles. The topological polar surface area (TPSA) is 53.4 Å². The highest BCUT2D eigenvalue weighted by atomic mass is 19.4. The lowest BCUT2D eigenvalue weighted by Gasteiger charge is -2.45. The van der Waals surface area contributed by atoms with Crippen molar-refractivity contribution in [2.75, 3.05) is 13.1 Å². The number of hydrogen-bond acceptors (Lipinski definition) is 3. The van der Waals surface area contributed by atoms with Gasteiger partial charge in [-0.2, -0.15) is 13.2 Å². The lowest BCUT2D eigenvalue weighted by atomic mass is 9.90. The molecule has 0 aromatic carbocycles. The molecule has 1 saturated heterocycles. The number of nitrogens with zero attached hydrogens (tertiary/aromatic N) is 2. The van der Waals surface area contributed by atoms with Gasteiger partial charge in [0.25, 0.3) is 0 Å². The molecule has 4 nitrogen and oxygen atoms in total. The van der Waals surface area contributed by atoms with Gasteiger partial charge in [-0.15, -0.1) is 0 Å². The summed E-state index contributed by atoms with van der Waals surface area (Å²) >= 11 is 0. The van der Waals surface area contributed by atoms with Crippen LogP contribution < -0.4 is 0 Å². The molecule has 1 aliphatic rings. The van der Waals surface area contributed by atoms with Crippen LogP contribution in [0.1, 0.15) is 5.69 Å². The van der Waals surface area contributed by atoms with Crippen LogP contribution >= 0.6 is 0 Å². The number of carbonyl (C=O) groups excluding carboxylic acids is 1. The maximum absolute atomic E-state index is 12.1. The number of amides is 1. The third-order valence-corrected chi connectivity index (χ3v) is 2.58. The highest BCUT2D eigenvalue weighted by Gasteiger charge is 2.53. The summed E-state index contributed by atoms with van der Waals surface area (Å²) in [5.41, 5.74) is -1.20. The van der Waals surface area contributed by atoms with Crippen LogP contribution in [0.5, 0.6) is 0 Å². The zero-order valence-corrected chi connectivity index (χ0v) is 8.61. The van der Waals surface area contributed by atoms with Crippen LogP contribution in [0.2, 0.25) is 0 Å². The van der Waals surface area contributed by atoms with E-state index in [0.717, 1.165) is 0 Å². The van der Waals surface area contributed by atoms with E-state index in [-0.39, 0.29) is 18.8 Å². The molecule has 1 aromatic rings. The number of halogens is 3. The molecule has 7 heteroatoms. The van der Waals surface area contributed by atoms with Crippen LogP contribution in [0, 0.1) is 0 Å². The third kappa shape index (κ3) is 2.10. The number of pyridine rings is 1. The summed E-state index contributed by atoms with van der Waals surface area (Å²) in [5, 5.41) is 9.94. The molecule has 0 unspecified atom stereocenters. The smallest absolute Gasteiger partial charge is 0.380 e. The minimum absolute atomic E-state index is 0.270. The normalized spacial score (nSPS) is 18.7.